The third-order valence-electron chi connectivity index (χ3n) is 5.06. The molecule has 13 heteroatoms. The van der Waals surface area contributed by atoms with Gasteiger partial charge in [0.25, 0.3) is 5.91 Å². The van der Waals surface area contributed by atoms with Crippen molar-refractivity contribution in [2.24, 2.45) is 10.6 Å². The Bertz CT molecular complexity index is 1210. The summed E-state index contributed by atoms with van der Waals surface area (Å²) in [5.74, 6) is -0.527. The van der Waals surface area contributed by atoms with Crippen molar-refractivity contribution >= 4 is 46.0 Å². The molecule has 0 spiro atoms. The summed E-state index contributed by atoms with van der Waals surface area (Å²) in [6.07, 6.45) is -0.689. The molecule has 1 heterocycles. The van der Waals surface area contributed by atoms with Gasteiger partial charge in [-0.15, -0.1) is 0 Å². The number of primary sulfonamides is 1. The Hall–Kier alpha value is -3.13. The third-order valence-corrected chi connectivity index (χ3v) is 6.01. The van der Waals surface area contributed by atoms with Crippen LogP contribution in [0.1, 0.15) is 31.1 Å². The fraction of sp³-hybridized carbons (Fsp3) is 0.364. The molecule has 0 atom stereocenters. The highest BCUT2D eigenvalue weighted by Gasteiger charge is 2.35. The van der Waals surface area contributed by atoms with E-state index in [-0.39, 0.29) is 33.9 Å². The number of carbonyl (C=O) groups excluding carboxylic acids is 2. The van der Waals surface area contributed by atoms with E-state index in [1.165, 1.54) is 31.4 Å². The molecule has 2 amide bonds. The summed E-state index contributed by atoms with van der Waals surface area (Å²) in [6, 6.07) is 8.63. The van der Waals surface area contributed by atoms with Crippen LogP contribution in [-0.4, -0.2) is 54.5 Å². The number of carbonyl (C=O) groups is 2. The number of rotatable bonds is 7. The zero-order valence-corrected chi connectivity index (χ0v) is 20.7. The SMILES string of the molecule is CCOC(=O)Nc1cc(C(=O)Nc2ccc(S(N)(=O)=O)c(OC)c2)ccc1B1OCC(C)(C)CO1. The lowest BCUT2D eigenvalue weighted by Gasteiger charge is -2.33. The third kappa shape index (κ3) is 6.72. The van der Waals surface area contributed by atoms with Crippen LogP contribution in [0.25, 0.3) is 0 Å². The maximum absolute atomic E-state index is 12.9. The van der Waals surface area contributed by atoms with E-state index in [0.29, 0.717) is 24.4 Å². The van der Waals surface area contributed by atoms with Crippen molar-refractivity contribution in [3.63, 3.8) is 0 Å². The molecule has 1 aliphatic heterocycles. The van der Waals surface area contributed by atoms with E-state index in [9.17, 15) is 18.0 Å². The first-order chi connectivity index (χ1) is 16.4. The molecule has 0 bridgehead atoms. The second kappa shape index (κ2) is 10.6. The van der Waals surface area contributed by atoms with Crippen molar-refractivity contribution in [3.05, 3.63) is 42.0 Å². The second-order valence-corrected chi connectivity index (χ2v) is 10.2. The zero-order chi connectivity index (χ0) is 25.8. The molecular weight excluding hydrogens is 477 g/mol. The first kappa shape index (κ1) is 26.5. The lowest BCUT2D eigenvalue weighted by Crippen LogP contribution is -2.48. The van der Waals surface area contributed by atoms with Crippen molar-refractivity contribution in [1.29, 1.82) is 0 Å². The second-order valence-electron chi connectivity index (χ2n) is 8.63. The predicted molar refractivity (Wildman–Crippen MR) is 130 cm³/mol. The molecule has 1 fully saturated rings. The highest BCUT2D eigenvalue weighted by molar-refractivity contribution is 7.89. The minimum absolute atomic E-state index is 0.0140. The molecule has 1 aliphatic rings. The van der Waals surface area contributed by atoms with E-state index >= 15 is 0 Å². The van der Waals surface area contributed by atoms with Gasteiger partial charge in [-0.1, -0.05) is 19.9 Å². The zero-order valence-electron chi connectivity index (χ0n) is 19.9. The Balaban J connectivity index is 1.87. The molecule has 35 heavy (non-hydrogen) atoms. The summed E-state index contributed by atoms with van der Waals surface area (Å²) in [5, 5.41) is 10.5. The normalized spacial score (nSPS) is 15.3. The predicted octanol–water partition coefficient (Wildman–Crippen LogP) is 1.93. The molecule has 0 aliphatic carbocycles. The van der Waals surface area contributed by atoms with Crippen LogP contribution in [0.2, 0.25) is 0 Å². The quantitative estimate of drug-likeness (QED) is 0.482. The first-order valence-electron chi connectivity index (χ1n) is 10.8. The Labute approximate surface area is 204 Å². The largest absolute Gasteiger partial charge is 0.496 e. The van der Waals surface area contributed by atoms with Crippen LogP contribution in [0, 0.1) is 5.41 Å². The molecular formula is C22H28BN3O8S. The molecule has 11 nitrogen and oxygen atoms in total. The topological polar surface area (TPSA) is 155 Å². The first-order valence-corrected chi connectivity index (χ1v) is 12.3. The van der Waals surface area contributed by atoms with Gasteiger partial charge in [-0.2, -0.15) is 0 Å². The molecule has 3 rings (SSSR count). The lowest BCUT2D eigenvalue weighted by atomic mass is 9.74. The number of sulfonamides is 1. The van der Waals surface area contributed by atoms with Crippen LogP contribution in [0.3, 0.4) is 0 Å². The molecule has 0 aromatic heterocycles. The number of methoxy groups -OCH3 is 1. The summed E-state index contributed by atoms with van der Waals surface area (Å²) < 4.78 is 45.1. The van der Waals surface area contributed by atoms with Gasteiger partial charge >= 0.3 is 13.2 Å². The van der Waals surface area contributed by atoms with Crippen molar-refractivity contribution < 1.29 is 36.8 Å². The van der Waals surface area contributed by atoms with Gasteiger partial charge in [-0.25, -0.2) is 18.4 Å². The number of hydrogen-bond acceptors (Lipinski definition) is 8. The highest BCUT2D eigenvalue weighted by atomic mass is 32.2. The van der Waals surface area contributed by atoms with E-state index in [2.05, 4.69) is 10.6 Å². The van der Waals surface area contributed by atoms with Crippen LogP contribution < -0.4 is 26.0 Å². The van der Waals surface area contributed by atoms with Crippen LogP contribution in [-0.2, 0) is 24.1 Å². The van der Waals surface area contributed by atoms with Gasteiger partial charge in [0, 0.05) is 47.1 Å². The van der Waals surface area contributed by atoms with E-state index in [1.807, 2.05) is 13.8 Å². The molecule has 188 valence electrons. The van der Waals surface area contributed by atoms with Crippen molar-refractivity contribution in [1.82, 2.24) is 0 Å². The molecule has 0 unspecified atom stereocenters. The standard InChI is InChI=1S/C22H28BN3O8S/c1-5-32-21(28)26-17-10-14(6-8-16(17)23-33-12-22(2,3)13-34-23)20(27)25-15-7-9-19(35(24,29)30)18(11-15)31-4/h6-11H,5,12-13H2,1-4H3,(H,25,27)(H,26,28)(H2,24,29,30). The highest BCUT2D eigenvalue weighted by Crippen LogP contribution is 2.27. The Morgan fingerprint density at radius 1 is 1.11 bits per heavy atom. The average molecular weight is 505 g/mol. The van der Waals surface area contributed by atoms with Crippen LogP contribution in [0.4, 0.5) is 16.2 Å². The summed E-state index contributed by atoms with van der Waals surface area (Å²) in [4.78, 5) is 24.8. The minimum atomic E-state index is -4.00. The van der Waals surface area contributed by atoms with E-state index in [4.69, 9.17) is 23.9 Å². The summed E-state index contributed by atoms with van der Waals surface area (Å²) in [7, 11) is -3.44. The molecule has 0 saturated carbocycles. The molecule has 0 radical (unpaired) electrons. The van der Waals surface area contributed by atoms with Gasteiger partial charge in [-0.05, 0) is 31.2 Å². The number of nitrogens with two attached hydrogens (primary N) is 1. The van der Waals surface area contributed by atoms with Gasteiger partial charge in [-0.3, -0.25) is 10.1 Å². The number of anilines is 2. The smallest absolute Gasteiger partial charge is 0.495 e. The van der Waals surface area contributed by atoms with Gasteiger partial charge in [0.2, 0.25) is 10.0 Å². The average Bonchev–Trinajstić information content (AvgIpc) is 2.78. The fourth-order valence-electron chi connectivity index (χ4n) is 3.34. The van der Waals surface area contributed by atoms with E-state index in [1.54, 1.807) is 19.1 Å². The van der Waals surface area contributed by atoms with Gasteiger partial charge in [0.1, 0.15) is 10.6 Å². The molecule has 2 aromatic carbocycles. The van der Waals surface area contributed by atoms with Crippen molar-refractivity contribution in [2.45, 2.75) is 25.7 Å². The van der Waals surface area contributed by atoms with Gasteiger partial charge in [0.05, 0.1) is 13.7 Å². The van der Waals surface area contributed by atoms with Gasteiger partial charge < -0.3 is 24.1 Å². The number of amides is 2. The molecule has 2 aromatic rings. The number of nitrogens with one attached hydrogen (secondary N) is 2. The van der Waals surface area contributed by atoms with Crippen LogP contribution in [0.15, 0.2) is 41.3 Å². The Morgan fingerprint density at radius 2 is 1.80 bits per heavy atom. The maximum Gasteiger partial charge on any atom is 0.496 e. The van der Waals surface area contributed by atoms with Gasteiger partial charge in [0.15, 0.2) is 0 Å². The van der Waals surface area contributed by atoms with Crippen molar-refractivity contribution in [2.75, 3.05) is 37.6 Å². The molecule has 4 N–H and O–H groups in total. The fourth-order valence-corrected chi connectivity index (χ4v) is 4.02. The maximum atomic E-state index is 12.9. The van der Waals surface area contributed by atoms with Crippen LogP contribution in [0.5, 0.6) is 5.75 Å². The summed E-state index contributed by atoms with van der Waals surface area (Å²) in [5.41, 5.74) is 1.17. The van der Waals surface area contributed by atoms with E-state index < -0.39 is 29.1 Å². The summed E-state index contributed by atoms with van der Waals surface area (Å²) >= 11 is 0. The number of ether oxygens (including phenoxy) is 2. The lowest BCUT2D eigenvalue weighted by molar-refractivity contribution is 0.0343. The monoisotopic (exact) mass is 505 g/mol. The van der Waals surface area contributed by atoms with E-state index in [0.717, 1.165) is 0 Å². The Morgan fingerprint density at radius 3 is 2.40 bits per heavy atom. The molecule has 1 saturated heterocycles. The van der Waals surface area contributed by atoms with Crippen LogP contribution >= 0.6 is 0 Å². The van der Waals surface area contributed by atoms with Crippen molar-refractivity contribution in [3.8, 4) is 5.75 Å². The minimum Gasteiger partial charge on any atom is -0.495 e. The summed E-state index contributed by atoms with van der Waals surface area (Å²) in [6.45, 7) is 6.78. The Kier molecular flexibility index (Phi) is 8.05. The number of benzene rings is 2. The number of hydrogen-bond donors (Lipinski definition) is 3.